The van der Waals surface area contributed by atoms with Gasteiger partial charge in [-0.3, -0.25) is 9.59 Å². The van der Waals surface area contributed by atoms with Crippen LogP contribution in [0.2, 0.25) is 0 Å². The van der Waals surface area contributed by atoms with E-state index in [1.807, 2.05) is 0 Å². The fourth-order valence-corrected chi connectivity index (χ4v) is 1.47. The lowest BCUT2D eigenvalue weighted by molar-refractivity contribution is -0.154. The average Bonchev–Trinajstić information content (AvgIpc) is 2.06. The molecule has 5 heteroatoms. The maximum Gasteiger partial charge on any atom is 0.302 e. The number of hydrogen-bond acceptors (Lipinski definition) is 4. The average molecular weight is 201 g/mol. The van der Waals surface area contributed by atoms with Gasteiger partial charge in [-0.25, -0.2) is 0 Å². The van der Waals surface area contributed by atoms with Crippen molar-refractivity contribution >= 4 is 11.9 Å². The molecular formula is C9H15NO4. The molecule has 1 aliphatic rings. The zero-order valence-corrected chi connectivity index (χ0v) is 8.41. The summed E-state index contributed by atoms with van der Waals surface area (Å²) in [5, 5.41) is 2.70. The normalized spacial score (nSPS) is 26.7. The third-order valence-corrected chi connectivity index (χ3v) is 2.00. The number of ether oxygens (including phenoxy) is 2. The van der Waals surface area contributed by atoms with Crippen LogP contribution >= 0.6 is 0 Å². The van der Waals surface area contributed by atoms with Crippen molar-refractivity contribution in [2.75, 3.05) is 13.2 Å². The zero-order valence-electron chi connectivity index (χ0n) is 8.41. The Balaban J connectivity index is 2.49. The standard InChI is InChI=1S/C9H15NO4/c1-6(11)10-8-5-13-4-3-9(8)14-7(2)12/h8-9H,3-5H2,1-2H3,(H,10,11)/t8-,9-/m0/s1. The lowest BCUT2D eigenvalue weighted by Crippen LogP contribution is -2.50. The lowest BCUT2D eigenvalue weighted by atomic mass is 10.1. The molecule has 14 heavy (non-hydrogen) atoms. The van der Waals surface area contributed by atoms with Crippen LogP contribution in [0, 0.1) is 0 Å². The molecule has 0 spiro atoms. The molecule has 0 aromatic rings. The van der Waals surface area contributed by atoms with Crippen LogP contribution in [0.1, 0.15) is 20.3 Å². The predicted octanol–water partition coefficient (Wildman–Crippen LogP) is -0.157. The van der Waals surface area contributed by atoms with E-state index >= 15 is 0 Å². The molecule has 1 amide bonds. The van der Waals surface area contributed by atoms with Crippen LogP contribution in [-0.4, -0.2) is 37.2 Å². The molecule has 5 nitrogen and oxygen atoms in total. The van der Waals surface area contributed by atoms with Gasteiger partial charge in [-0.05, 0) is 0 Å². The minimum atomic E-state index is -0.327. The van der Waals surface area contributed by atoms with E-state index in [0.29, 0.717) is 19.6 Å². The highest BCUT2D eigenvalue weighted by atomic mass is 16.6. The van der Waals surface area contributed by atoms with Crippen molar-refractivity contribution in [3.8, 4) is 0 Å². The maximum atomic E-state index is 10.8. The van der Waals surface area contributed by atoms with Crippen LogP contribution in [0.15, 0.2) is 0 Å². The molecule has 0 aliphatic carbocycles. The monoisotopic (exact) mass is 201 g/mol. The van der Waals surface area contributed by atoms with Crippen molar-refractivity contribution in [2.45, 2.75) is 32.4 Å². The Morgan fingerprint density at radius 3 is 2.71 bits per heavy atom. The predicted molar refractivity (Wildman–Crippen MR) is 48.6 cm³/mol. The number of carbonyl (C=O) groups is 2. The molecular weight excluding hydrogens is 186 g/mol. The molecule has 0 unspecified atom stereocenters. The quantitative estimate of drug-likeness (QED) is 0.631. The summed E-state index contributed by atoms with van der Waals surface area (Å²) in [7, 11) is 0. The third kappa shape index (κ3) is 3.33. The summed E-state index contributed by atoms with van der Waals surface area (Å²) in [6.07, 6.45) is 0.370. The second-order valence-corrected chi connectivity index (χ2v) is 3.32. The van der Waals surface area contributed by atoms with Gasteiger partial charge in [-0.1, -0.05) is 0 Å². The SMILES string of the molecule is CC(=O)N[C@H]1COCC[C@@H]1OC(C)=O. The van der Waals surface area contributed by atoms with Crippen molar-refractivity contribution < 1.29 is 19.1 Å². The summed E-state index contributed by atoms with van der Waals surface area (Å²) in [6.45, 7) is 3.76. The fourth-order valence-electron chi connectivity index (χ4n) is 1.47. The highest BCUT2D eigenvalue weighted by molar-refractivity contribution is 5.73. The van der Waals surface area contributed by atoms with Gasteiger partial charge >= 0.3 is 5.97 Å². The van der Waals surface area contributed by atoms with Crippen molar-refractivity contribution in [1.29, 1.82) is 0 Å². The number of carbonyl (C=O) groups excluding carboxylic acids is 2. The van der Waals surface area contributed by atoms with E-state index in [1.54, 1.807) is 0 Å². The van der Waals surface area contributed by atoms with Crippen LogP contribution in [-0.2, 0) is 19.1 Å². The van der Waals surface area contributed by atoms with Gasteiger partial charge in [-0.2, -0.15) is 0 Å². The van der Waals surface area contributed by atoms with E-state index in [2.05, 4.69) is 5.32 Å². The van der Waals surface area contributed by atoms with E-state index in [9.17, 15) is 9.59 Å². The fraction of sp³-hybridized carbons (Fsp3) is 0.778. The summed E-state index contributed by atoms with van der Waals surface area (Å²) in [6, 6.07) is -0.217. The molecule has 1 saturated heterocycles. The Kier molecular flexibility index (Phi) is 3.88. The van der Waals surface area contributed by atoms with Crippen LogP contribution in [0.5, 0.6) is 0 Å². The molecule has 0 saturated carbocycles. The van der Waals surface area contributed by atoms with Crippen LogP contribution in [0.4, 0.5) is 0 Å². The molecule has 1 aliphatic heterocycles. The Hall–Kier alpha value is -1.10. The van der Waals surface area contributed by atoms with Gasteiger partial charge in [0.05, 0.1) is 19.3 Å². The zero-order chi connectivity index (χ0) is 10.6. The van der Waals surface area contributed by atoms with Gasteiger partial charge < -0.3 is 14.8 Å². The van der Waals surface area contributed by atoms with E-state index in [-0.39, 0.29) is 24.0 Å². The largest absolute Gasteiger partial charge is 0.460 e. The third-order valence-electron chi connectivity index (χ3n) is 2.00. The van der Waals surface area contributed by atoms with E-state index < -0.39 is 0 Å². The first-order chi connectivity index (χ1) is 6.59. The smallest absolute Gasteiger partial charge is 0.302 e. The lowest BCUT2D eigenvalue weighted by Gasteiger charge is -2.31. The molecule has 1 N–H and O–H groups in total. The van der Waals surface area contributed by atoms with Crippen molar-refractivity contribution in [3.63, 3.8) is 0 Å². The van der Waals surface area contributed by atoms with Gasteiger partial charge in [-0.15, -0.1) is 0 Å². The highest BCUT2D eigenvalue weighted by Crippen LogP contribution is 2.11. The Labute approximate surface area is 82.8 Å². The first kappa shape index (κ1) is 11.0. The number of nitrogens with one attached hydrogen (secondary N) is 1. The number of esters is 1. The van der Waals surface area contributed by atoms with E-state index in [0.717, 1.165) is 0 Å². The first-order valence-electron chi connectivity index (χ1n) is 4.61. The Morgan fingerprint density at radius 2 is 2.14 bits per heavy atom. The summed E-state index contributed by atoms with van der Waals surface area (Å²) >= 11 is 0. The van der Waals surface area contributed by atoms with Gasteiger partial charge in [0.2, 0.25) is 5.91 Å². The summed E-state index contributed by atoms with van der Waals surface area (Å²) in [5.74, 6) is -0.468. The molecule has 0 aromatic heterocycles. The van der Waals surface area contributed by atoms with Crippen LogP contribution in [0.3, 0.4) is 0 Å². The molecule has 0 radical (unpaired) electrons. The van der Waals surface area contributed by atoms with Crippen molar-refractivity contribution in [2.24, 2.45) is 0 Å². The van der Waals surface area contributed by atoms with E-state index in [4.69, 9.17) is 9.47 Å². The molecule has 2 atom stereocenters. The Bertz CT molecular complexity index is 205. The minimum absolute atomic E-state index is 0.141. The highest BCUT2D eigenvalue weighted by Gasteiger charge is 2.28. The van der Waals surface area contributed by atoms with Crippen molar-refractivity contribution in [1.82, 2.24) is 5.32 Å². The molecule has 1 rings (SSSR count). The Morgan fingerprint density at radius 1 is 1.43 bits per heavy atom. The van der Waals surface area contributed by atoms with Gasteiger partial charge in [0.1, 0.15) is 6.10 Å². The number of amides is 1. The van der Waals surface area contributed by atoms with E-state index in [1.165, 1.54) is 13.8 Å². The summed E-state index contributed by atoms with van der Waals surface area (Å²) in [5.41, 5.74) is 0. The van der Waals surface area contributed by atoms with Gasteiger partial charge in [0.25, 0.3) is 0 Å². The van der Waals surface area contributed by atoms with Gasteiger partial charge in [0.15, 0.2) is 0 Å². The second kappa shape index (κ2) is 4.95. The summed E-state index contributed by atoms with van der Waals surface area (Å²) in [4.78, 5) is 21.6. The minimum Gasteiger partial charge on any atom is -0.460 e. The molecule has 0 bridgehead atoms. The maximum absolute atomic E-state index is 10.8. The number of hydrogen-bond donors (Lipinski definition) is 1. The molecule has 0 aromatic carbocycles. The summed E-state index contributed by atoms with van der Waals surface area (Å²) < 4.78 is 10.3. The molecule has 80 valence electrons. The topological polar surface area (TPSA) is 64.6 Å². The number of rotatable bonds is 2. The first-order valence-corrected chi connectivity index (χ1v) is 4.61. The molecule has 1 heterocycles. The second-order valence-electron chi connectivity index (χ2n) is 3.32. The van der Waals surface area contributed by atoms with Gasteiger partial charge in [0, 0.05) is 20.3 Å². The van der Waals surface area contributed by atoms with Crippen LogP contribution in [0.25, 0.3) is 0 Å². The van der Waals surface area contributed by atoms with Crippen LogP contribution < -0.4 is 5.32 Å². The van der Waals surface area contributed by atoms with Crippen molar-refractivity contribution in [3.05, 3.63) is 0 Å². The molecule has 1 fully saturated rings.